The first-order chi connectivity index (χ1) is 11.0. The van der Waals surface area contributed by atoms with E-state index in [4.69, 9.17) is 0 Å². The number of carbonyl (C=O) groups is 1. The third-order valence-electron chi connectivity index (χ3n) is 4.91. The second-order valence-corrected chi connectivity index (χ2v) is 6.74. The van der Waals surface area contributed by atoms with Crippen LogP contribution in [0.2, 0.25) is 0 Å². The van der Waals surface area contributed by atoms with Gasteiger partial charge in [0.2, 0.25) is 0 Å². The van der Waals surface area contributed by atoms with Crippen molar-refractivity contribution in [1.29, 1.82) is 0 Å². The highest BCUT2D eigenvalue weighted by atomic mass is 16.3. The Labute approximate surface area is 135 Å². The summed E-state index contributed by atoms with van der Waals surface area (Å²) in [5.41, 5.74) is 1.63. The van der Waals surface area contributed by atoms with Gasteiger partial charge in [0.25, 0.3) is 0 Å². The molecule has 1 aromatic carbocycles. The van der Waals surface area contributed by atoms with Gasteiger partial charge in [-0.1, -0.05) is 25.5 Å². The number of H-pyrrole nitrogens is 1. The number of aliphatic hydroxyl groups is 1. The Morgan fingerprint density at radius 3 is 3.04 bits per heavy atom. The lowest BCUT2D eigenvalue weighted by molar-refractivity contribution is 0.120. The predicted octanol–water partition coefficient (Wildman–Crippen LogP) is 2.47. The molecule has 3 rings (SSSR count). The minimum Gasteiger partial charge on any atom is -0.396 e. The van der Waals surface area contributed by atoms with Gasteiger partial charge in [0.1, 0.15) is 5.82 Å². The topological polar surface area (TPSA) is 90.0 Å². The molecule has 0 radical (unpaired) electrons. The van der Waals surface area contributed by atoms with Crippen molar-refractivity contribution in [1.82, 2.24) is 20.6 Å². The second kappa shape index (κ2) is 6.20. The Balaban J connectivity index is 1.63. The Kier molecular flexibility index (Phi) is 4.26. The molecule has 0 aliphatic heterocycles. The molecule has 1 heterocycles. The number of benzene rings is 1. The van der Waals surface area contributed by atoms with Gasteiger partial charge >= 0.3 is 6.03 Å². The summed E-state index contributed by atoms with van der Waals surface area (Å²) in [7, 11) is 0. The molecule has 0 spiro atoms. The molecule has 124 valence electrons. The molecular formula is C17H24N4O2. The van der Waals surface area contributed by atoms with E-state index in [1.54, 1.807) is 0 Å². The number of aliphatic hydroxyl groups excluding tert-OH is 1. The van der Waals surface area contributed by atoms with Gasteiger partial charge in [-0.05, 0) is 31.9 Å². The van der Waals surface area contributed by atoms with E-state index in [0.29, 0.717) is 0 Å². The first-order valence-electron chi connectivity index (χ1n) is 8.14. The molecule has 0 saturated heterocycles. The van der Waals surface area contributed by atoms with E-state index in [1.165, 1.54) is 0 Å². The highest BCUT2D eigenvalue weighted by Crippen LogP contribution is 2.37. The van der Waals surface area contributed by atoms with Crippen LogP contribution in [0.15, 0.2) is 24.3 Å². The Morgan fingerprint density at radius 2 is 2.30 bits per heavy atom. The average molecular weight is 316 g/mol. The molecule has 4 N–H and O–H groups in total. The van der Waals surface area contributed by atoms with Gasteiger partial charge in [0.05, 0.1) is 23.7 Å². The lowest BCUT2D eigenvalue weighted by Gasteiger charge is -2.30. The van der Waals surface area contributed by atoms with Gasteiger partial charge in [0.15, 0.2) is 0 Å². The minimum absolute atomic E-state index is 0.00960. The Morgan fingerprint density at radius 1 is 1.52 bits per heavy atom. The predicted molar refractivity (Wildman–Crippen MR) is 89.0 cm³/mol. The molecule has 1 aliphatic rings. The maximum Gasteiger partial charge on any atom is 0.315 e. The smallest absolute Gasteiger partial charge is 0.315 e. The zero-order valence-electron chi connectivity index (χ0n) is 13.6. The van der Waals surface area contributed by atoms with E-state index in [0.717, 1.165) is 36.1 Å². The van der Waals surface area contributed by atoms with E-state index >= 15 is 0 Å². The third-order valence-corrected chi connectivity index (χ3v) is 4.91. The van der Waals surface area contributed by atoms with Crippen LogP contribution in [0.1, 0.15) is 45.0 Å². The number of aromatic amines is 1. The molecule has 3 atom stereocenters. The average Bonchev–Trinajstić information content (AvgIpc) is 3.12. The van der Waals surface area contributed by atoms with Crippen LogP contribution < -0.4 is 10.6 Å². The number of rotatable bonds is 4. The molecule has 1 aromatic heterocycles. The van der Waals surface area contributed by atoms with Crippen LogP contribution in [0.4, 0.5) is 4.79 Å². The minimum atomic E-state index is -0.222. The Hall–Kier alpha value is -2.08. The molecule has 6 heteroatoms. The van der Waals surface area contributed by atoms with Gasteiger partial charge in [-0.15, -0.1) is 0 Å². The van der Waals surface area contributed by atoms with Crippen LogP contribution in [0, 0.1) is 5.41 Å². The largest absolute Gasteiger partial charge is 0.396 e. The first-order valence-corrected chi connectivity index (χ1v) is 8.14. The van der Waals surface area contributed by atoms with Crippen molar-refractivity contribution in [2.75, 3.05) is 6.61 Å². The second-order valence-electron chi connectivity index (χ2n) is 6.74. The highest BCUT2D eigenvalue weighted by Gasteiger charge is 2.39. The van der Waals surface area contributed by atoms with Crippen molar-refractivity contribution < 1.29 is 9.90 Å². The Bertz CT molecular complexity index is 666. The number of urea groups is 1. The summed E-state index contributed by atoms with van der Waals surface area (Å²) in [6.07, 6.45) is 2.87. The van der Waals surface area contributed by atoms with Crippen LogP contribution in [-0.4, -0.2) is 33.8 Å². The molecule has 1 saturated carbocycles. The van der Waals surface area contributed by atoms with Gasteiger partial charge in [0, 0.05) is 11.5 Å². The number of nitrogens with zero attached hydrogens (tertiary/aromatic N) is 1. The van der Waals surface area contributed by atoms with Crippen LogP contribution in [0.3, 0.4) is 0 Å². The highest BCUT2D eigenvalue weighted by molar-refractivity contribution is 5.76. The fourth-order valence-electron chi connectivity index (χ4n) is 3.31. The van der Waals surface area contributed by atoms with Gasteiger partial charge < -0.3 is 20.7 Å². The molecule has 1 fully saturated rings. The fraction of sp³-hybridized carbons (Fsp3) is 0.529. The molecule has 0 bridgehead atoms. The number of aromatic nitrogens is 2. The van der Waals surface area contributed by atoms with E-state index < -0.39 is 0 Å². The molecule has 2 amide bonds. The van der Waals surface area contributed by atoms with Gasteiger partial charge in [-0.2, -0.15) is 0 Å². The number of carbonyl (C=O) groups excluding carboxylic acids is 1. The van der Waals surface area contributed by atoms with E-state index in [2.05, 4.69) is 20.6 Å². The maximum atomic E-state index is 12.3. The normalized spacial score (nSPS) is 25.4. The lowest BCUT2D eigenvalue weighted by atomic mass is 9.86. The summed E-state index contributed by atoms with van der Waals surface area (Å²) >= 11 is 0. The van der Waals surface area contributed by atoms with Crippen LogP contribution in [-0.2, 0) is 0 Å². The van der Waals surface area contributed by atoms with Crippen LogP contribution >= 0.6 is 0 Å². The van der Waals surface area contributed by atoms with E-state index in [9.17, 15) is 9.90 Å². The maximum absolute atomic E-state index is 12.3. The summed E-state index contributed by atoms with van der Waals surface area (Å²) < 4.78 is 0. The zero-order chi connectivity index (χ0) is 16.4. The number of hydrogen-bond donors (Lipinski definition) is 4. The van der Waals surface area contributed by atoms with Crippen molar-refractivity contribution in [2.45, 2.75) is 45.2 Å². The number of fused-ring (bicyclic) bond motifs is 1. The molecule has 3 unspecified atom stereocenters. The van der Waals surface area contributed by atoms with Crippen LogP contribution in [0.25, 0.3) is 11.0 Å². The number of amides is 2. The quantitative estimate of drug-likeness (QED) is 0.698. The first kappa shape index (κ1) is 15.8. The summed E-state index contributed by atoms with van der Waals surface area (Å²) in [5, 5.41) is 15.5. The number of hydrogen-bond acceptors (Lipinski definition) is 3. The monoisotopic (exact) mass is 316 g/mol. The summed E-state index contributed by atoms with van der Waals surface area (Å²) in [4.78, 5) is 20.0. The lowest BCUT2D eigenvalue weighted by Crippen LogP contribution is -2.49. The van der Waals surface area contributed by atoms with Gasteiger partial charge in [-0.25, -0.2) is 9.78 Å². The van der Waals surface area contributed by atoms with Crippen molar-refractivity contribution in [3.05, 3.63) is 30.1 Å². The molecular weight excluding hydrogens is 292 g/mol. The number of imidazole rings is 1. The van der Waals surface area contributed by atoms with Crippen molar-refractivity contribution in [2.24, 2.45) is 5.41 Å². The van der Waals surface area contributed by atoms with Crippen molar-refractivity contribution >= 4 is 17.1 Å². The summed E-state index contributed by atoms with van der Waals surface area (Å²) in [6.45, 7) is 4.02. The van der Waals surface area contributed by atoms with Crippen molar-refractivity contribution in [3.63, 3.8) is 0 Å². The summed E-state index contributed by atoms with van der Waals surface area (Å²) in [6, 6.07) is 7.36. The molecule has 23 heavy (non-hydrogen) atoms. The fourth-order valence-corrected chi connectivity index (χ4v) is 3.31. The molecule has 6 nitrogen and oxygen atoms in total. The third kappa shape index (κ3) is 3.17. The standard InChI is InChI=1S/C17H24N4O2/c1-11(15-19-12-6-3-4-7-13(12)20-15)18-16(23)21-14-8-5-9-17(14,2)10-22/h3-4,6-7,11,14,22H,5,8-10H2,1-2H3,(H,19,20)(H2,18,21,23). The van der Waals surface area contributed by atoms with Crippen molar-refractivity contribution in [3.8, 4) is 0 Å². The summed E-state index contributed by atoms with van der Waals surface area (Å²) in [5.74, 6) is 0.734. The number of nitrogens with one attached hydrogen (secondary N) is 3. The zero-order valence-corrected chi connectivity index (χ0v) is 13.6. The van der Waals surface area contributed by atoms with E-state index in [1.807, 2.05) is 38.1 Å². The van der Waals surface area contributed by atoms with Crippen LogP contribution in [0.5, 0.6) is 0 Å². The molecule has 1 aliphatic carbocycles. The van der Waals surface area contributed by atoms with E-state index in [-0.39, 0.29) is 30.1 Å². The number of para-hydroxylation sites is 2. The molecule has 2 aromatic rings. The van der Waals surface area contributed by atoms with Gasteiger partial charge in [-0.3, -0.25) is 0 Å². The SMILES string of the molecule is CC(NC(=O)NC1CCCC1(C)CO)c1nc2ccccc2[nH]1.